The van der Waals surface area contributed by atoms with E-state index in [9.17, 15) is 9.59 Å². The van der Waals surface area contributed by atoms with Crippen LogP contribution in [0.4, 0.5) is 0 Å². The number of methoxy groups -OCH3 is 1. The lowest BCUT2D eigenvalue weighted by Gasteiger charge is -2.37. The van der Waals surface area contributed by atoms with Gasteiger partial charge in [-0.2, -0.15) is 0 Å². The first-order valence-electron chi connectivity index (χ1n) is 5.49. The maximum Gasteiger partial charge on any atom is 0.326 e. The Morgan fingerprint density at radius 1 is 1.38 bits per heavy atom. The predicted octanol–water partition coefficient (Wildman–Crippen LogP) is 0.877. The predicted molar refractivity (Wildman–Crippen MR) is 58.1 cm³/mol. The van der Waals surface area contributed by atoms with Crippen molar-refractivity contribution in [2.24, 2.45) is 0 Å². The van der Waals surface area contributed by atoms with Crippen LogP contribution in [0.25, 0.3) is 0 Å². The number of hydrogen-bond donors (Lipinski definition) is 1. The van der Waals surface area contributed by atoms with E-state index >= 15 is 0 Å². The molecule has 0 aromatic heterocycles. The molecule has 1 fully saturated rings. The van der Waals surface area contributed by atoms with E-state index in [0.29, 0.717) is 13.0 Å². The summed E-state index contributed by atoms with van der Waals surface area (Å²) < 4.78 is 5.10. The van der Waals surface area contributed by atoms with Gasteiger partial charge in [0.15, 0.2) is 0 Å². The number of carboxylic acids is 1. The fourth-order valence-corrected chi connectivity index (χ4v) is 1.86. The zero-order chi connectivity index (χ0) is 12.3. The number of carboxylic acid groups (broad SMARTS) is 1. The second-order valence-corrected chi connectivity index (χ2v) is 4.56. The first-order valence-corrected chi connectivity index (χ1v) is 5.49. The lowest BCUT2D eigenvalue weighted by molar-refractivity contribution is -0.162. The van der Waals surface area contributed by atoms with Gasteiger partial charge < -0.3 is 14.7 Å². The Hall–Kier alpha value is -1.10. The van der Waals surface area contributed by atoms with Crippen molar-refractivity contribution in [1.82, 2.24) is 4.90 Å². The number of nitrogens with zero attached hydrogens (tertiary/aromatic N) is 1. The van der Waals surface area contributed by atoms with Crippen molar-refractivity contribution in [2.75, 3.05) is 13.7 Å². The Morgan fingerprint density at radius 3 is 2.50 bits per heavy atom. The van der Waals surface area contributed by atoms with Crippen LogP contribution in [0.15, 0.2) is 0 Å². The molecule has 0 aliphatic carbocycles. The fraction of sp³-hybridized carbons (Fsp3) is 0.818. The molecule has 1 aliphatic heterocycles. The minimum atomic E-state index is -0.953. The summed E-state index contributed by atoms with van der Waals surface area (Å²) in [4.78, 5) is 24.6. The smallest absolute Gasteiger partial charge is 0.326 e. The molecular formula is C11H19NO4. The molecule has 1 N–H and O–H groups in total. The van der Waals surface area contributed by atoms with Gasteiger partial charge in [0.25, 0.3) is 5.91 Å². The number of ether oxygens (including phenoxy) is 1. The van der Waals surface area contributed by atoms with Gasteiger partial charge in [0, 0.05) is 13.7 Å². The van der Waals surface area contributed by atoms with E-state index < -0.39 is 17.6 Å². The summed E-state index contributed by atoms with van der Waals surface area (Å²) in [5.41, 5.74) is -0.953. The molecule has 0 spiro atoms. The van der Waals surface area contributed by atoms with Crippen molar-refractivity contribution in [3.8, 4) is 0 Å². The van der Waals surface area contributed by atoms with Crippen molar-refractivity contribution in [1.29, 1.82) is 0 Å². The molecule has 92 valence electrons. The van der Waals surface area contributed by atoms with Crippen LogP contribution in [0, 0.1) is 0 Å². The summed E-state index contributed by atoms with van der Waals surface area (Å²) >= 11 is 0. The van der Waals surface area contributed by atoms with E-state index in [4.69, 9.17) is 9.84 Å². The summed E-state index contributed by atoms with van der Waals surface area (Å²) in [5.74, 6) is -1.18. The van der Waals surface area contributed by atoms with Crippen molar-refractivity contribution >= 4 is 11.9 Å². The largest absolute Gasteiger partial charge is 0.480 e. The molecule has 5 heteroatoms. The van der Waals surface area contributed by atoms with Crippen LogP contribution in [-0.4, -0.2) is 47.2 Å². The average molecular weight is 229 g/mol. The summed E-state index contributed by atoms with van der Waals surface area (Å²) in [6.45, 7) is 3.81. The zero-order valence-electron chi connectivity index (χ0n) is 10.0. The molecular weight excluding hydrogens is 210 g/mol. The van der Waals surface area contributed by atoms with Gasteiger partial charge in [0.2, 0.25) is 0 Å². The first kappa shape index (κ1) is 13.0. The molecule has 0 aromatic carbocycles. The second-order valence-electron chi connectivity index (χ2n) is 4.56. The van der Waals surface area contributed by atoms with E-state index in [-0.39, 0.29) is 5.91 Å². The number of carbonyl (C=O) groups excluding carboxylic acids is 1. The van der Waals surface area contributed by atoms with Crippen LogP contribution in [0.1, 0.15) is 33.1 Å². The Bertz CT molecular complexity index is 288. The van der Waals surface area contributed by atoms with Gasteiger partial charge in [0.05, 0.1) is 0 Å². The van der Waals surface area contributed by atoms with E-state index in [1.54, 1.807) is 13.8 Å². The van der Waals surface area contributed by atoms with Gasteiger partial charge in [-0.1, -0.05) is 0 Å². The van der Waals surface area contributed by atoms with Crippen LogP contribution < -0.4 is 0 Å². The van der Waals surface area contributed by atoms with Gasteiger partial charge in [0.1, 0.15) is 11.6 Å². The molecule has 1 atom stereocenters. The van der Waals surface area contributed by atoms with E-state index in [0.717, 1.165) is 12.8 Å². The quantitative estimate of drug-likeness (QED) is 0.780. The minimum Gasteiger partial charge on any atom is -0.480 e. The summed E-state index contributed by atoms with van der Waals surface area (Å²) in [6.07, 6.45) is 2.24. The normalized spacial score (nSPS) is 21.9. The first-order chi connectivity index (χ1) is 7.40. The Kier molecular flexibility index (Phi) is 3.91. The van der Waals surface area contributed by atoms with Crippen molar-refractivity contribution in [3.63, 3.8) is 0 Å². The standard InChI is InChI=1S/C11H19NO4/c1-11(2,16-3)10(15)12-7-5-4-6-8(12)9(13)14/h8H,4-7H2,1-3H3,(H,13,14)/t8-/m1/s1. The lowest BCUT2D eigenvalue weighted by Crippen LogP contribution is -2.55. The monoisotopic (exact) mass is 229 g/mol. The van der Waals surface area contributed by atoms with Crippen LogP contribution in [0.5, 0.6) is 0 Å². The highest BCUT2D eigenvalue weighted by atomic mass is 16.5. The van der Waals surface area contributed by atoms with Gasteiger partial charge in [-0.15, -0.1) is 0 Å². The van der Waals surface area contributed by atoms with Gasteiger partial charge in [-0.25, -0.2) is 4.79 Å². The third-order valence-electron chi connectivity index (χ3n) is 3.07. The summed E-state index contributed by atoms with van der Waals surface area (Å²) in [5, 5.41) is 9.06. The molecule has 1 amide bonds. The Labute approximate surface area is 95.4 Å². The third kappa shape index (κ3) is 2.52. The maximum atomic E-state index is 12.1. The van der Waals surface area contributed by atoms with Gasteiger partial charge in [-0.3, -0.25) is 4.79 Å². The number of likely N-dealkylation sites (tertiary alicyclic amines) is 1. The average Bonchev–Trinajstić information content (AvgIpc) is 2.28. The van der Waals surface area contributed by atoms with Crippen LogP contribution in [0.2, 0.25) is 0 Å². The number of carbonyl (C=O) groups is 2. The molecule has 1 heterocycles. The number of aliphatic carboxylic acids is 1. The molecule has 1 saturated heterocycles. The van der Waals surface area contributed by atoms with Crippen LogP contribution in [-0.2, 0) is 14.3 Å². The van der Waals surface area contributed by atoms with E-state index in [1.807, 2.05) is 0 Å². The van der Waals surface area contributed by atoms with Crippen molar-refractivity contribution in [3.05, 3.63) is 0 Å². The third-order valence-corrected chi connectivity index (χ3v) is 3.07. The van der Waals surface area contributed by atoms with Crippen LogP contribution in [0.3, 0.4) is 0 Å². The number of amides is 1. The van der Waals surface area contributed by atoms with Crippen LogP contribution >= 0.6 is 0 Å². The van der Waals surface area contributed by atoms with E-state index in [1.165, 1.54) is 12.0 Å². The Balaban J connectivity index is 2.83. The molecule has 0 bridgehead atoms. The highest BCUT2D eigenvalue weighted by Crippen LogP contribution is 2.22. The van der Waals surface area contributed by atoms with Gasteiger partial charge >= 0.3 is 5.97 Å². The summed E-state index contributed by atoms with van der Waals surface area (Å²) in [7, 11) is 1.46. The number of hydrogen-bond acceptors (Lipinski definition) is 3. The molecule has 0 aromatic rings. The topological polar surface area (TPSA) is 66.8 Å². The fourth-order valence-electron chi connectivity index (χ4n) is 1.86. The van der Waals surface area contributed by atoms with E-state index in [2.05, 4.69) is 0 Å². The molecule has 0 radical (unpaired) electrons. The molecule has 1 rings (SSSR count). The molecule has 0 saturated carbocycles. The maximum absolute atomic E-state index is 12.1. The molecule has 16 heavy (non-hydrogen) atoms. The molecule has 0 unspecified atom stereocenters. The highest BCUT2D eigenvalue weighted by molar-refractivity contribution is 5.89. The number of piperidine rings is 1. The SMILES string of the molecule is COC(C)(C)C(=O)N1CCCC[C@@H]1C(=O)O. The van der Waals surface area contributed by atoms with Crippen molar-refractivity contribution in [2.45, 2.75) is 44.8 Å². The second kappa shape index (κ2) is 4.82. The summed E-state index contributed by atoms with van der Waals surface area (Å²) in [6, 6.07) is -0.698. The molecule has 5 nitrogen and oxygen atoms in total. The minimum absolute atomic E-state index is 0.248. The molecule has 1 aliphatic rings. The van der Waals surface area contributed by atoms with Crippen molar-refractivity contribution < 1.29 is 19.4 Å². The highest BCUT2D eigenvalue weighted by Gasteiger charge is 2.39. The number of rotatable bonds is 3. The Morgan fingerprint density at radius 2 is 2.00 bits per heavy atom. The zero-order valence-corrected chi connectivity index (χ0v) is 10.0. The van der Waals surface area contributed by atoms with Gasteiger partial charge in [-0.05, 0) is 33.1 Å². The lowest BCUT2D eigenvalue weighted by atomic mass is 9.98.